The van der Waals surface area contributed by atoms with Crippen molar-refractivity contribution in [3.63, 3.8) is 0 Å². The molecule has 1 aromatic carbocycles. The van der Waals surface area contributed by atoms with Crippen molar-refractivity contribution >= 4 is 41.1 Å². The second-order valence-electron chi connectivity index (χ2n) is 8.37. The van der Waals surface area contributed by atoms with Gasteiger partial charge in [0.1, 0.15) is 11.7 Å². The summed E-state index contributed by atoms with van der Waals surface area (Å²) in [5, 5.41) is 18.7. The number of aliphatic imine (C=N–C) groups is 1. The number of nitrogens with one attached hydrogen (secondary N) is 3. The van der Waals surface area contributed by atoms with Crippen LogP contribution in [-0.4, -0.2) is 54.2 Å². The molecule has 0 saturated heterocycles. The molecule has 0 bridgehead atoms. The van der Waals surface area contributed by atoms with Crippen molar-refractivity contribution in [1.82, 2.24) is 15.5 Å². The van der Waals surface area contributed by atoms with E-state index >= 15 is 0 Å². The van der Waals surface area contributed by atoms with E-state index in [0.717, 1.165) is 0 Å². The van der Waals surface area contributed by atoms with Crippen LogP contribution >= 0.6 is 12.2 Å². The number of rotatable bonds is 6. The molecule has 0 radical (unpaired) electrons. The first kappa shape index (κ1) is 24.2. The van der Waals surface area contributed by atoms with Crippen molar-refractivity contribution in [3.05, 3.63) is 23.8 Å². The molecule has 0 unspecified atom stereocenters. The number of ether oxygens (including phenoxy) is 1. The van der Waals surface area contributed by atoms with Crippen LogP contribution in [0.2, 0.25) is 0 Å². The normalized spacial score (nSPS) is 11.5. The molecule has 29 heavy (non-hydrogen) atoms. The quantitative estimate of drug-likeness (QED) is 0.370. The Kier molecular flexibility index (Phi) is 8.40. The number of carbonyl (C=O) groups is 1. The molecule has 1 aromatic rings. The highest BCUT2D eigenvalue weighted by Gasteiger charge is 2.22. The molecule has 0 aliphatic carbocycles. The van der Waals surface area contributed by atoms with Gasteiger partial charge in [0, 0.05) is 26.3 Å². The summed E-state index contributed by atoms with van der Waals surface area (Å²) < 4.78 is 5.23. The summed E-state index contributed by atoms with van der Waals surface area (Å²) in [5.41, 5.74) is 0.599. The van der Waals surface area contributed by atoms with Crippen molar-refractivity contribution < 1.29 is 9.53 Å². The molecule has 8 nitrogen and oxygen atoms in total. The fraction of sp³-hybridized carbons (Fsp3) is 0.500. The largest absolute Gasteiger partial charge is 0.444 e. The number of thiocarbonyl (C=S) groups is 1. The van der Waals surface area contributed by atoms with Gasteiger partial charge >= 0.3 is 6.09 Å². The SMILES string of the molecule is CN(C)/C=N/c1ccc(NC(=S)NC(C)(C)CNC(=O)OC(C)(C)C)cc1C#N. The number of alkyl carbamates (subject to hydrolysis) is 1. The Hall–Kier alpha value is -2.86. The Morgan fingerprint density at radius 2 is 1.97 bits per heavy atom. The van der Waals surface area contributed by atoms with Crippen LogP contribution in [0.3, 0.4) is 0 Å². The lowest BCUT2D eigenvalue weighted by Crippen LogP contribution is -2.53. The molecule has 0 aliphatic rings. The molecule has 0 aromatic heterocycles. The fourth-order valence-corrected chi connectivity index (χ4v) is 2.51. The van der Waals surface area contributed by atoms with Gasteiger partial charge in [-0.15, -0.1) is 0 Å². The summed E-state index contributed by atoms with van der Waals surface area (Å²) in [7, 11) is 3.71. The van der Waals surface area contributed by atoms with E-state index < -0.39 is 17.2 Å². The minimum absolute atomic E-state index is 0.311. The summed E-state index contributed by atoms with van der Waals surface area (Å²) in [6.45, 7) is 9.53. The maximum atomic E-state index is 11.8. The van der Waals surface area contributed by atoms with Gasteiger partial charge in [-0.25, -0.2) is 9.79 Å². The third-order valence-corrected chi connectivity index (χ3v) is 3.53. The number of nitriles is 1. The van der Waals surface area contributed by atoms with Gasteiger partial charge in [0.05, 0.1) is 23.1 Å². The molecule has 0 aliphatic heterocycles. The first-order valence-electron chi connectivity index (χ1n) is 9.12. The van der Waals surface area contributed by atoms with Gasteiger partial charge < -0.3 is 25.6 Å². The maximum Gasteiger partial charge on any atom is 0.407 e. The van der Waals surface area contributed by atoms with Crippen molar-refractivity contribution in [2.45, 2.75) is 45.8 Å². The summed E-state index contributed by atoms with van der Waals surface area (Å²) >= 11 is 5.36. The summed E-state index contributed by atoms with van der Waals surface area (Å²) in [6, 6.07) is 7.36. The highest BCUT2D eigenvalue weighted by atomic mass is 32.1. The van der Waals surface area contributed by atoms with E-state index in [1.165, 1.54) is 0 Å². The topological polar surface area (TPSA) is 102 Å². The average molecular weight is 419 g/mol. The molecular weight excluding hydrogens is 388 g/mol. The Labute approximate surface area is 178 Å². The van der Waals surface area contributed by atoms with E-state index in [4.69, 9.17) is 17.0 Å². The molecule has 1 amide bonds. The predicted molar refractivity (Wildman–Crippen MR) is 121 cm³/mol. The number of nitrogens with zero attached hydrogens (tertiary/aromatic N) is 3. The molecule has 3 N–H and O–H groups in total. The van der Waals surface area contributed by atoms with Gasteiger partial charge in [0.25, 0.3) is 0 Å². The van der Waals surface area contributed by atoms with Gasteiger partial charge in [0.2, 0.25) is 0 Å². The fourth-order valence-electron chi connectivity index (χ4n) is 2.11. The Bertz CT molecular complexity index is 806. The lowest BCUT2D eigenvalue weighted by atomic mass is 10.1. The van der Waals surface area contributed by atoms with E-state index in [1.807, 2.05) is 48.7 Å². The Morgan fingerprint density at radius 3 is 2.52 bits per heavy atom. The molecule has 0 atom stereocenters. The van der Waals surface area contributed by atoms with E-state index in [-0.39, 0.29) is 0 Å². The number of anilines is 1. The highest BCUT2D eigenvalue weighted by Crippen LogP contribution is 2.22. The van der Waals surface area contributed by atoms with E-state index in [9.17, 15) is 10.1 Å². The number of amides is 1. The van der Waals surface area contributed by atoms with Crippen LogP contribution in [0.5, 0.6) is 0 Å². The summed E-state index contributed by atoms with van der Waals surface area (Å²) in [5.74, 6) is 0. The zero-order valence-corrected chi connectivity index (χ0v) is 18.9. The molecule has 9 heteroatoms. The standard InChI is InChI=1S/C20H30N6O2S/c1-19(2,3)28-18(27)22-12-20(4,5)25-17(29)24-15-8-9-16(14(10-15)11-21)23-13-26(6)7/h8-10,13H,12H2,1-7H3,(H,22,27)(H2,24,25,29)/b23-13+. The Morgan fingerprint density at radius 1 is 1.31 bits per heavy atom. The van der Waals surface area contributed by atoms with E-state index in [0.29, 0.717) is 28.6 Å². The van der Waals surface area contributed by atoms with Gasteiger partial charge in [-0.1, -0.05) is 0 Å². The molecular formula is C20H30N6O2S. The van der Waals surface area contributed by atoms with Crippen LogP contribution in [0, 0.1) is 11.3 Å². The third kappa shape index (κ3) is 9.76. The minimum Gasteiger partial charge on any atom is -0.444 e. The van der Waals surface area contributed by atoms with Gasteiger partial charge in [-0.3, -0.25) is 0 Å². The van der Waals surface area contributed by atoms with E-state index in [2.05, 4.69) is 27.0 Å². The minimum atomic E-state index is -0.556. The molecule has 158 valence electrons. The highest BCUT2D eigenvalue weighted by molar-refractivity contribution is 7.80. The molecule has 0 saturated carbocycles. The third-order valence-electron chi connectivity index (χ3n) is 3.33. The van der Waals surface area contributed by atoms with Crippen LogP contribution in [0.4, 0.5) is 16.2 Å². The zero-order valence-electron chi connectivity index (χ0n) is 18.1. The van der Waals surface area contributed by atoms with Gasteiger partial charge in [-0.2, -0.15) is 5.26 Å². The number of hydrogen-bond donors (Lipinski definition) is 3. The van der Waals surface area contributed by atoms with Crippen LogP contribution < -0.4 is 16.0 Å². The number of carbonyl (C=O) groups excluding carboxylic acids is 1. The van der Waals surface area contributed by atoms with E-state index in [1.54, 1.807) is 29.4 Å². The number of hydrogen-bond acceptors (Lipinski definition) is 5. The summed E-state index contributed by atoms with van der Waals surface area (Å²) in [6.07, 6.45) is 1.15. The summed E-state index contributed by atoms with van der Waals surface area (Å²) in [4.78, 5) is 17.9. The zero-order chi connectivity index (χ0) is 22.2. The maximum absolute atomic E-state index is 11.8. The van der Waals surface area contributed by atoms with Crippen LogP contribution in [0.15, 0.2) is 23.2 Å². The first-order chi connectivity index (χ1) is 13.3. The first-order valence-corrected chi connectivity index (χ1v) is 9.53. The molecule has 0 spiro atoms. The Balaban J connectivity index is 2.69. The second-order valence-corrected chi connectivity index (χ2v) is 8.78. The van der Waals surface area contributed by atoms with Crippen LogP contribution in [-0.2, 0) is 4.74 Å². The van der Waals surface area contributed by atoms with Crippen molar-refractivity contribution in [2.24, 2.45) is 4.99 Å². The van der Waals surface area contributed by atoms with Crippen LogP contribution in [0.1, 0.15) is 40.2 Å². The average Bonchev–Trinajstić information content (AvgIpc) is 2.56. The number of benzene rings is 1. The monoisotopic (exact) mass is 418 g/mol. The molecule has 1 rings (SSSR count). The van der Waals surface area contributed by atoms with Crippen molar-refractivity contribution in [3.8, 4) is 6.07 Å². The van der Waals surface area contributed by atoms with Crippen molar-refractivity contribution in [2.75, 3.05) is 26.0 Å². The lowest BCUT2D eigenvalue weighted by Gasteiger charge is -2.29. The smallest absolute Gasteiger partial charge is 0.407 e. The predicted octanol–water partition coefficient (Wildman–Crippen LogP) is 3.37. The molecule has 0 heterocycles. The lowest BCUT2D eigenvalue weighted by molar-refractivity contribution is 0.0516. The van der Waals surface area contributed by atoms with Gasteiger partial charge in [0.15, 0.2) is 5.11 Å². The van der Waals surface area contributed by atoms with Crippen molar-refractivity contribution in [1.29, 1.82) is 5.26 Å². The van der Waals surface area contributed by atoms with Crippen LogP contribution in [0.25, 0.3) is 0 Å². The molecule has 0 fully saturated rings. The van der Waals surface area contributed by atoms with Gasteiger partial charge in [-0.05, 0) is 65.0 Å². The second kappa shape index (κ2) is 10.1.